The van der Waals surface area contributed by atoms with Gasteiger partial charge in [-0.1, -0.05) is 30.7 Å². The van der Waals surface area contributed by atoms with Crippen molar-refractivity contribution in [2.75, 3.05) is 25.0 Å². The highest BCUT2D eigenvalue weighted by atomic mass is 16.2. The molecule has 29 heavy (non-hydrogen) atoms. The Morgan fingerprint density at radius 1 is 0.862 bits per heavy atom. The molecule has 0 aromatic heterocycles. The first-order valence-electron chi connectivity index (χ1n) is 10.7. The minimum Gasteiger partial charge on any atom is -0.352 e. The van der Waals surface area contributed by atoms with Crippen molar-refractivity contribution in [2.45, 2.75) is 38.1 Å². The molecular formula is C24H29N3O2. The van der Waals surface area contributed by atoms with Gasteiger partial charge in [-0.3, -0.25) is 9.59 Å². The molecule has 152 valence electrons. The molecule has 2 aromatic carbocycles. The third-order valence-electron chi connectivity index (χ3n) is 6.17. The van der Waals surface area contributed by atoms with E-state index in [9.17, 15) is 9.59 Å². The largest absolute Gasteiger partial charge is 0.352 e. The maximum Gasteiger partial charge on any atom is 0.255 e. The summed E-state index contributed by atoms with van der Waals surface area (Å²) < 4.78 is 0. The zero-order valence-electron chi connectivity index (χ0n) is 16.8. The third-order valence-corrected chi connectivity index (χ3v) is 6.17. The van der Waals surface area contributed by atoms with Crippen molar-refractivity contribution >= 4 is 17.5 Å². The van der Waals surface area contributed by atoms with Crippen LogP contribution in [0.25, 0.3) is 0 Å². The van der Waals surface area contributed by atoms with E-state index < -0.39 is 0 Å². The summed E-state index contributed by atoms with van der Waals surface area (Å²) in [7, 11) is 0. The number of hydrogen-bond acceptors (Lipinski definition) is 3. The van der Waals surface area contributed by atoms with Crippen LogP contribution in [0, 0.1) is 5.92 Å². The molecule has 5 nitrogen and oxygen atoms in total. The Hall–Kier alpha value is -2.66. The maximum atomic E-state index is 12.7. The molecule has 2 fully saturated rings. The number of carbonyl (C=O) groups excluding carboxylic acids is 2. The smallest absolute Gasteiger partial charge is 0.255 e. The Labute approximate surface area is 172 Å². The Morgan fingerprint density at radius 3 is 2.52 bits per heavy atom. The molecule has 2 aliphatic heterocycles. The normalized spacial score (nSPS) is 21.8. The minimum atomic E-state index is -0.178. The number of nitrogens with zero attached hydrogens (tertiary/aromatic N) is 1. The Kier molecular flexibility index (Phi) is 6.25. The molecule has 4 rings (SSSR count). The lowest BCUT2D eigenvalue weighted by atomic mass is 9.83. The molecule has 0 bridgehead atoms. The van der Waals surface area contributed by atoms with Crippen LogP contribution in [-0.4, -0.2) is 42.4 Å². The van der Waals surface area contributed by atoms with E-state index in [0.29, 0.717) is 28.8 Å². The average Bonchev–Trinajstić information content (AvgIpc) is 2.78. The number of piperidine rings is 2. The quantitative estimate of drug-likeness (QED) is 0.812. The number of fused-ring (bicyclic) bond motifs is 1. The fourth-order valence-corrected chi connectivity index (χ4v) is 4.67. The summed E-state index contributed by atoms with van der Waals surface area (Å²) in [6.45, 7) is 3.14. The SMILES string of the molecule is O=C(NC[C@@H]1CCCN2CCCC[C@H]12)c1cccc(NC(=O)c2ccccc2)c1. The van der Waals surface area contributed by atoms with Gasteiger partial charge in [0.05, 0.1) is 0 Å². The lowest BCUT2D eigenvalue weighted by Crippen LogP contribution is -2.51. The summed E-state index contributed by atoms with van der Waals surface area (Å²) in [5.41, 5.74) is 1.80. The van der Waals surface area contributed by atoms with Gasteiger partial charge in [-0.05, 0) is 75.0 Å². The second-order valence-corrected chi connectivity index (χ2v) is 8.11. The molecule has 0 spiro atoms. The highest BCUT2D eigenvalue weighted by Gasteiger charge is 2.32. The molecule has 0 saturated carbocycles. The van der Waals surface area contributed by atoms with E-state index in [0.717, 1.165) is 6.54 Å². The summed E-state index contributed by atoms with van der Waals surface area (Å²) in [6.07, 6.45) is 6.26. The fourth-order valence-electron chi connectivity index (χ4n) is 4.67. The van der Waals surface area contributed by atoms with E-state index in [4.69, 9.17) is 0 Å². The lowest BCUT2D eigenvalue weighted by molar-refractivity contribution is 0.0575. The van der Waals surface area contributed by atoms with E-state index in [-0.39, 0.29) is 11.8 Å². The summed E-state index contributed by atoms with van der Waals surface area (Å²) in [5, 5.41) is 6.01. The van der Waals surface area contributed by atoms with Crippen LogP contribution in [0.4, 0.5) is 5.69 Å². The van der Waals surface area contributed by atoms with Crippen molar-refractivity contribution in [3.63, 3.8) is 0 Å². The second kappa shape index (κ2) is 9.23. The van der Waals surface area contributed by atoms with Crippen LogP contribution in [-0.2, 0) is 0 Å². The van der Waals surface area contributed by atoms with Crippen LogP contribution < -0.4 is 10.6 Å². The van der Waals surface area contributed by atoms with Crippen LogP contribution in [0.1, 0.15) is 52.8 Å². The van der Waals surface area contributed by atoms with Gasteiger partial charge >= 0.3 is 0 Å². The number of amides is 2. The predicted octanol–water partition coefficient (Wildman–Crippen LogP) is 3.93. The standard InChI is InChI=1S/C24H29N3O2/c28-23(25-17-20-11-7-15-27-14-5-4-13-22(20)27)19-10-6-12-21(16-19)26-24(29)18-8-2-1-3-9-18/h1-3,6,8-10,12,16,20,22H,4-5,7,11,13-15,17H2,(H,25,28)(H,26,29)/t20-,22+/m0/s1. The van der Waals surface area contributed by atoms with Crippen LogP contribution in [0.5, 0.6) is 0 Å². The van der Waals surface area contributed by atoms with Gasteiger partial charge in [-0.25, -0.2) is 0 Å². The Morgan fingerprint density at radius 2 is 1.66 bits per heavy atom. The van der Waals surface area contributed by atoms with E-state index in [1.165, 1.54) is 45.2 Å². The first-order chi connectivity index (χ1) is 14.2. The topological polar surface area (TPSA) is 61.4 Å². The van der Waals surface area contributed by atoms with Gasteiger partial charge in [0, 0.05) is 29.4 Å². The molecular weight excluding hydrogens is 362 g/mol. The monoisotopic (exact) mass is 391 g/mol. The Balaban J connectivity index is 1.35. The van der Waals surface area contributed by atoms with Gasteiger partial charge < -0.3 is 15.5 Å². The zero-order chi connectivity index (χ0) is 20.1. The second-order valence-electron chi connectivity index (χ2n) is 8.11. The number of benzene rings is 2. The van der Waals surface area contributed by atoms with Gasteiger partial charge in [0.25, 0.3) is 11.8 Å². The van der Waals surface area contributed by atoms with Crippen molar-refractivity contribution < 1.29 is 9.59 Å². The molecule has 2 amide bonds. The van der Waals surface area contributed by atoms with Crippen LogP contribution in [0.2, 0.25) is 0 Å². The summed E-state index contributed by atoms with van der Waals surface area (Å²) in [5.74, 6) is 0.283. The minimum absolute atomic E-state index is 0.0752. The van der Waals surface area contributed by atoms with Crippen molar-refractivity contribution in [1.82, 2.24) is 10.2 Å². The molecule has 2 saturated heterocycles. The first-order valence-corrected chi connectivity index (χ1v) is 10.7. The molecule has 2 aliphatic rings. The van der Waals surface area contributed by atoms with Crippen molar-refractivity contribution in [1.29, 1.82) is 0 Å². The Bertz CT molecular complexity index is 850. The van der Waals surface area contributed by atoms with Gasteiger partial charge in [-0.2, -0.15) is 0 Å². The number of hydrogen-bond donors (Lipinski definition) is 2. The molecule has 2 N–H and O–H groups in total. The van der Waals surface area contributed by atoms with E-state index in [1.54, 1.807) is 36.4 Å². The third kappa shape index (κ3) is 4.85. The molecule has 0 radical (unpaired) electrons. The number of anilines is 1. The van der Waals surface area contributed by atoms with Crippen LogP contribution in [0.3, 0.4) is 0 Å². The van der Waals surface area contributed by atoms with Gasteiger partial charge in [0.15, 0.2) is 0 Å². The van der Waals surface area contributed by atoms with Gasteiger partial charge in [0.1, 0.15) is 0 Å². The molecule has 2 atom stereocenters. The van der Waals surface area contributed by atoms with Crippen LogP contribution >= 0.6 is 0 Å². The van der Waals surface area contributed by atoms with E-state index in [2.05, 4.69) is 15.5 Å². The van der Waals surface area contributed by atoms with Gasteiger partial charge in [0.2, 0.25) is 0 Å². The maximum absolute atomic E-state index is 12.7. The molecule has 0 aliphatic carbocycles. The summed E-state index contributed by atoms with van der Waals surface area (Å²) in [6, 6.07) is 16.8. The summed E-state index contributed by atoms with van der Waals surface area (Å²) in [4.78, 5) is 27.7. The number of nitrogens with one attached hydrogen (secondary N) is 2. The zero-order valence-corrected chi connectivity index (χ0v) is 16.8. The fraction of sp³-hybridized carbons (Fsp3) is 0.417. The lowest BCUT2D eigenvalue weighted by Gasteiger charge is -2.44. The van der Waals surface area contributed by atoms with Crippen molar-refractivity contribution in [2.24, 2.45) is 5.92 Å². The van der Waals surface area contributed by atoms with Gasteiger partial charge in [-0.15, -0.1) is 0 Å². The van der Waals surface area contributed by atoms with E-state index >= 15 is 0 Å². The average molecular weight is 392 g/mol. The molecule has 0 unspecified atom stereocenters. The van der Waals surface area contributed by atoms with Crippen LogP contribution in [0.15, 0.2) is 54.6 Å². The predicted molar refractivity (Wildman–Crippen MR) is 115 cm³/mol. The van der Waals surface area contributed by atoms with Crippen molar-refractivity contribution in [3.05, 3.63) is 65.7 Å². The molecule has 5 heteroatoms. The number of carbonyl (C=O) groups is 2. The highest BCUT2D eigenvalue weighted by molar-refractivity contribution is 6.05. The van der Waals surface area contributed by atoms with E-state index in [1.807, 2.05) is 18.2 Å². The first kappa shape index (κ1) is 19.6. The molecule has 2 heterocycles. The molecule has 2 aromatic rings. The van der Waals surface area contributed by atoms with Crippen molar-refractivity contribution in [3.8, 4) is 0 Å². The highest BCUT2D eigenvalue weighted by Crippen LogP contribution is 2.30. The summed E-state index contributed by atoms with van der Waals surface area (Å²) >= 11 is 0. The number of rotatable bonds is 5.